The van der Waals surface area contributed by atoms with Crippen LogP contribution in [0.2, 0.25) is 0 Å². The number of aromatic nitrogens is 2. The molecule has 0 spiro atoms. The van der Waals surface area contributed by atoms with Gasteiger partial charge in [-0.25, -0.2) is 32.9 Å². The normalized spacial score (nSPS) is 16.6. The minimum atomic E-state index is -5.81. The predicted molar refractivity (Wildman–Crippen MR) is 348 cm³/mol. The molecule has 1 fully saturated rings. The van der Waals surface area contributed by atoms with Crippen LogP contribution in [0, 0.1) is 17.3 Å². The van der Waals surface area contributed by atoms with Gasteiger partial charge in [-0.1, -0.05) is 62.5 Å². The number of rotatable bonds is 38. The maximum absolute atomic E-state index is 12.9. The monoisotopic (exact) mass is 1440 g/mol. The number of carbonyl (C=O) groups is 3. The van der Waals surface area contributed by atoms with Gasteiger partial charge in [0.15, 0.2) is 0 Å². The zero-order chi connectivity index (χ0) is 67.9. The van der Waals surface area contributed by atoms with Gasteiger partial charge in [-0.15, -0.1) is 0 Å². The zero-order valence-corrected chi connectivity index (χ0v) is 56.4. The van der Waals surface area contributed by atoms with Crippen molar-refractivity contribution in [2.24, 2.45) is 0 Å². The molecule has 3 unspecified atom stereocenters. The number of benzene rings is 3. The highest BCUT2D eigenvalue weighted by Gasteiger charge is 2.44. The molecule has 1 saturated heterocycles. The molecular weight excluding hydrogens is 1360 g/mol. The van der Waals surface area contributed by atoms with E-state index in [1.807, 2.05) is 20.8 Å². The largest absolute Gasteiger partial charge is 0.490 e. The Kier molecular flexibility index (Phi) is 29.8. The summed E-state index contributed by atoms with van der Waals surface area (Å²) in [5.41, 5.74) is 7.97. The second-order valence-corrected chi connectivity index (χ2v) is 30.9. The molecular formula is C55H72N7O24P3S4. The van der Waals surface area contributed by atoms with Crippen LogP contribution >= 0.6 is 45.1 Å². The van der Waals surface area contributed by atoms with E-state index in [0.717, 1.165) is 10.8 Å². The summed E-state index contributed by atoms with van der Waals surface area (Å²) in [6.45, 7) is 11.3. The van der Waals surface area contributed by atoms with Crippen LogP contribution in [0.1, 0.15) is 74.2 Å². The molecule has 3 heterocycles. The number of fused-ring (bicyclic) bond motifs is 2. The number of nitrogens with zero attached hydrogens (tertiary/aromatic N) is 1. The fourth-order valence-electron chi connectivity index (χ4n) is 8.48. The minimum absolute atomic E-state index is 0.0229. The quantitative estimate of drug-likeness (QED) is 0.00393. The third kappa shape index (κ3) is 25.7. The summed E-state index contributed by atoms with van der Waals surface area (Å²) in [5.74, 6) is 5.41. The number of nitrogens with two attached hydrogens (primary N) is 1. The average molecular weight is 1440 g/mol. The molecule has 1 aromatic heterocycles. The van der Waals surface area contributed by atoms with Gasteiger partial charge < -0.3 is 89.3 Å². The fraction of sp³-hybridized carbons (Fsp3) is 0.455. The van der Waals surface area contributed by atoms with E-state index in [4.69, 9.17) is 74.2 Å². The number of phosphoric ester groups is 1. The number of ether oxygens (including phenoxy) is 7. The van der Waals surface area contributed by atoms with Crippen LogP contribution in [-0.2, 0) is 80.6 Å². The number of hydrogen-bond acceptors (Lipinski definition) is 25. The number of H-pyrrole nitrogens is 1. The number of alkyl carbamates (subject to hydrolysis) is 2. The number of aromatic carboxylic acids is 1. The van der Waals surface area contributed by atoms with Crippen LogP contribution in [0.5, 0.6) is 0 Å². The molecule has 38 heteroatoms. The summed E-state index contributed by atoms with van der Waals surface area (Å²) in [6.07, 6.45) is -2.15. The molecule has 0 radical (unpaired) electrons. The molecule has 2 aromatic carbocycles. The van der Waals surface area contributed by atoms with Crippen LogP contribution in [0.15, 0.2) is 81.4 Å². The molecule has 3 aromatic rings. The molecule has 2 aliphatic heterocycles. The van der Waals surface area contributed by atoms with E-state index in [9.17, 15) is 52.6 Å². The molecule has 31 nitrogen and oxygen atoms in total. The number of anilines is 1. The van der Waals surface area contributed by atoms with Crippen molar-refractivity contribution in [3.05, 3.63) is 110 Å². The van der Waals surface area contributed by atoms with E-state index >= 15 is 0 Å². The van der Waals surface area contributed by atoms with Crippen molar-refractivity contribution in [2.45, 2.75) is 69.6 Å². The Morgan fingerprint density at radius 1 is 0.892 bits per heavy atom. The second-order valence-electron chi connectivity index (χ2n) is 20.4. The first-order valence-electron chi connectivity index (χ1n) is 28.2. The van der Waals surface area contributed by atoms with Crippen LogP contribution < -0.4 is 38.3 Å². The highest BCUT2D eigenvalue weighted by Crippen LogP contribution is 2.66. The summed E-state index contributed by atoms with van der Waals surface area (Å²) < 4.78 is 93.4. The van der Waals surface area contributed by atoms with Crippen LogP contribution in [0.25, 0.3) is 39.1 Å². The number of carboxylic acid groups (broad SMARTS) is 1. The lowest BCUT2D eigenvalue weighted by molar-refractivity contribution is -0.0545. The Hall–Kier alpha value is -5.80. The van der Waals surface area contributed by atoms with E-state index in [0.29, 0.717) is 108 Å². The first-order chi connectivity index (χ1) is 44.0. The number of nitrogens with one attached hydrogen (secondary N) is 5. The van der Waals surface area contributed by atoms with Gasteiger partial charge in [0.25, 0.3) is 5.56 Å². The fourth-order valence-corrected chi connectivity index (χ4v) is 14.4. The van der Waals surface area contributed by atoms with Crippen molar-refractivity contribution in [1.29, 1.82) is 5.41 Å². The zero-order valence-electron chi connectivity index (χ0n) is 50.4. The van der Waals surface area contributed by atoms with E-state index in [-0.39, 0.29) is 73.1 Å². The van der Waals surface area contributed by atoms with E-state index < -0.39 is 87.4 Å². The number of unbranched alkanes of at least 4 members (excludes halogenated alkanes) is 1. The minimum Gasteiger partial charge on any atom is -0.478 e. The molecule has 510 valence electrons. The van der Waals surface area contributed by atoms with Crippen molar-refractivity contribution in [3.63, 3.8) is 0 Å². The van der Waals surface area contributed by atoms with Crippen molar-refractivity contribution in [2.75, 3.05) is 95.9 Å². The molecule has 0 saturated carbocycles. The van der Waals surface area contributed by atoms with Crippen molar-refractivity contribution in [1.82, 2.24) is 25.5 Å². The van der Waals surface area contributed by atoms with E-state index in [1.54, 1.807) is 59.3 Å². The topological polar surface area (TPSA) is 450 Å². The van der Waals surface area contributed by atoms with E-state index in [2.05, 4.69) is 48.0 Å². The Bertz CT molecular complexity index is 3820. The number of amides is 2. The van der Waals surface area contributed by atoms with Gasteiger partial charge in [-0.2, -0.15) is 8.62 Å². The maximum atomic E-state index is 12.9. The number of phosphoric acid groups is 3. The van der Waals surface area contributed by atoms with Crippen LogP contribution in [0.4, 0.5) is 15.3 Å². The van der Waals surface area contributed by atoms with Gasteiger partial charge in [-0.05, 0) is 97.6 Å². The number of carboxylic acids is 1. The SMILES string of the molecule is C=C(NCCOCCOCCNC(=O)OCCC(C)(C)SSCOCCCCOC(=O)NCC#Cc1cn([C@H]2C[C@@H](OCS(=S)CC)[C@@H](COP(=O)(O)OP(=O)(O)OP(=O)(O)O)O2)c(=O)[nH]c1=O)c1ccc(C(=O)O)c(-c2c3ccc(=N)cc-3oc3cc(N)ccc23)c1. The first kappa shape index (κ1) is 76.2. The van der Waals surface area contributed by atoms with Crippen molar-refractivity contribution in [3.8, 4) is 34.3 Å². The molecule has 2 amide bonds. The molecule has 12 N–H and O–H groups in total. The van der Waals surface area contributed by atoms with Gasteiger partial charge in [-0.3, -0.25) is 18.9 Å². The first-order valence-corrected chi connectivity index (χ1v) is 37.6. The molecule has 93 heavy (non-hydrogen) atoms. The smallest absolute Gasteiger partial charge is 0.478 e. The Labute approximate surface area is 547 Å². The van der Waals surface area contributed by atoms with E-state index in [1.165, 1.54) is 16.9 Å². The Morgan fingerprint density at radius 2 is 1.60 bits per heavy atom. The Balaban J connectivity index is 0.780. The summed E-state index contributed by atoms with van der Waals surface area (Å²) >= 11 is 5.31. The number of hydrogen-bond donors (Lipinski definition) is 11. The standard InChI is InChI=1S/C55H72N7O24P3S4/c1-5-93(90)34-81-46-30-48(84-47(46)32-82-88(72,73)86-89(74,75)85-87(69,70)71)62-31-37(50(63)61-52(62)66)9-8-17-59-53(67)79-21-7-6-20-78-33-91-92-55(3,4)16-22-80-54(68)60-19-24-77-26-25-76-23-18-58-35(2)36-10-13-40(51(64)65)43(27-36)49-41-14-11-38(56)28-44(41)83-45-29-39(57)12-15-42(45)49/h10-15,27-29,31,46-48,56,58H,2,5-7,16-26,30,32-34,57H2,1,3-4H3,(H,59,67)(H,60,68)(H,64,65)(H,72,73)(H,74,75)(H,61,63,66)(H2,69,70,71)/t46-,47-,48-,93?/m1/s1. The third-order valence-corrected chi connectivity index (χ3v) is 21.8. The highest BCUT2D eigenvalue weighted by molar-refractivity contribution is 8.77. The lowest BCUT2D eigenvalue weighted by Crippen LogP contribution is -2.34. The summed E-state index contributed by atoms with van der Waals surface area (Å²) in [5, 5.41) is 27.5. The summed E-state index contributed by atoms with van der Waals surface area (Å²) in [6, 6.07) is 15.1. The van der Waals surface area contributed by atoms with Gasteiger partial charge in [0.2, 0.25) is 0 Å². The van der Waals surface area contributed by atoms with Crippen LogP contribution in [0.3, 0.4) is 0 Å². The highest BCUT2D eigenvalue weighted by atomic mass is 33.1. The molecule has 3 aliphatic rings. The lowest BCUT2D eigenvalue weighted by atomic mass is 9.89. The number of carbonyl (C=O) groups excluding carboxylic acids is 2. The second kappa shape index (κ2) is 36.4. The summed E-state index contributed by atoms with van der Waals surface area (Å²) in [4.78, 5) is 102. The molecule has 6 atom stereocenters. The van der Waals surface area contributed by atoms with Gasteiger partial charge in [0.05, 0.1) is 75.8 Å². The summed E-state index contributed by atoms with van der Waals surface area (Å²) in [7, 11) is -14.6. The Morgan fingerprint density at radius 3 is 2.32 bits per heavy atom. The lowest BCUT2D eigenvalue weighted by Gasteiger charge is -2.22. The molecule has 6 rings (SSSR count). The third-order valence-electron chi connectivity index (χ3n) is 12.9. The predicted octanol–water partition coefficient (Wildman–Crippen LogP) is 6.29. The number of aromatic amines is 1. The number of nitrogen functional groups attached to an aromatic ring is 1. The van der Waals surface area contributed by atoms with Gasteiger partial charge >= 0.3 is 47.3 Å². The molecule has 0 bridgehead atoms. The maximum Gasteiger partial charge on any atom is 0.490 e. The van der Waals surface area contributed by atoms with Gasteiger partial charge in [0.1, 0.15) is 35.2 Å². The van der Waals surface area contributed by atoms with Gasteiger partial charge in [0, 0.05) is 77.1 Å². The molecule has 1 aliphatic carbocycles. The average Bonchev–Trinajstić information content (AvgIpc) is 1.06. The van der Waals surface area contributed by atoms with Crippen molar-refractivity contribution >= 4 is 106 Å². The van der Waals surface area contributed by atoms with Crippen LogP contribution in [-0.4, -0.2) is 159 Å². The van der Waals surface area contributed by atoms with Crippen molar-refractivity contribution < 1.29 is 103 Å².